The second-order valence-electron chi connectivity index (χ2n) is 9.56. The van der Waals surface area contributed by atoms with Crippen molar-refractivity contribution in [2.24, 2.45) is 0 Å². The number of hydrogen-bond acceptors (Lipinski definition) is 0. The molecule has 0 aliphatic rings. The molecule has 7 aromatic rings. The van der Waals surface area contributed by atoms with Crippen LogP contribution < -0.4 is 0 Å². The molecule has 1 radical (unpaired) electrons. The monoisotopic (exact) mass is 569 g/mol. The Hall–Kier alpha value is -3.84. The predicted molar refractivity (Wildman–Crippen MR) is 161 cm³/mol. The summed E-state index contributed by atoms with van der Waals surface area (Å²) in [6.07, 6.45) is 0. The van der Waals surface area contributed by atoms with Gasteiger partial charge in [0.25, 0.3) is 0 Å². The molecule has 0 aliphatic carbocycles. The van der Waals surface area contributed by atoms with Crippen LogP contribution in [-0.4, -0.2) is 0 Å². The zero-order valence-corrected chi connectivity index (χ0v) is 24.3. The molecule has 1 heteroatoms. The summed E-state index contributed by atoms with van der Waals surface area (Å²) in [5, 5.41) is 5.01. The maximum Gasteiger partial charge on any atom is 0 e. The zero-order valence-electron chi connectivity index (χ0n) is 21.4. The van der Waals surface area contributed by atoms with Gasteiger partial charge in [0.1, 0.15) is 0 Å². The molecule has 7 rings (SSSR count). The van der Waals surface area contributed by atoms with E-state index in [-0.39, 0.29) is 32.7 Å². The van der Waals surface area contributed by atoms with E-state index in [1.54, 1.807) is 0 Å². The molecule has 0 aliphatic heterocycles. The average Bonchev–Trinajstić information content (AvgIpc) is 3.01. The Kier molecular flexibility index (Phi) is 7.25. The molecular weight excluding hydrogens is 545 g/mol. The molecule has 0 amide bonds. The molecule has 0 saturated carbocycles. The second-order valence-corrected chi connectivity index (χ2v) is 9.56. The first kappa shape index (κ1) is 25.4. The third kappa shape index (κ3) is 4.76. The van der Waals surface area contributed by atoms with Crippen molar-refractivity contribution in [1.82, 2.24) is 0 Å². The molecule has 0 N–H and O–H groups in total. The summed E-state index contributed by atoms with van der Waals surface area (Å²) >= 11 is 0. The normalized spacial score (nSPS) is 10.9. The van der Waals surface area contributed by atoms with Crippen molar-refractivity contribution in [2.75, 3.05) is 0 Å². The van der Waals surface area contributed by atoms with Gasteiger partial charge in [-0.2, -0.15) is 42.5 Å². The van der Waals surface area contributed by atoms with E-state index >= 15 is 0 Å². The van der Waals surface area contributed by atoms with E-state index in [1.165, 1.54) is 54.9 Å². The van der Waals surface area contributed by atoms with Gasteiger partial charge in [-0.25, -0.2) is 11.1 Å². The number of rotatable bonds is 4. The molecule has 39 heavy (non-hydrogen) atoms. The van der Waals surface area contributed by atoms with Gasteiger partial charge in [-0.3, -0.25) is 0 Å². The van der Waals surface area contributed by atoms with Gasteiger partial charge in [0.05, 0.1) is 0 Å². The summed E-state index contributed by atoms with van der Waals surface area (Å²) in [6, 6.07) is 58.5. The largest absolute Gasteiger partial charge is 0.226 e. The maximum absolute atomic E-state index is 3.42. The molecule has 0 fully saturated rings. The zero-order chi connectivity index (χ0) is 25.3. The molecule has 0 aromatic heterocycles. The summed E-state index contributed by atoms with van der Waals surface area (Å²) in [7, 11) is 0. The molecule has 0 spiro atoms. The SMILES string of the molecule is [Y].[c-]1ccccc1-c1[c-]ccc(-c2c3ccccc3c(-c3cccc(-c4ccccc4)c3)c3ccccc23)c1. The topological polar surface area (TPSA) is 0 Å². The molecule has 0 heterocycles. The smallest absolute Gasteiger partial charge is 0 e. The molecular formula is C38H24Y-2. The van der Waals surface area contributed by atoms with Gasteiger partial charge in [0, 0.05) is 32.7 Å². The van der Waals surface area contributed by atoms with Crippen molar-refractivity contribution in [3.05, 3.63) is 158 Å². The van der Waals surface area contributed by atoms with E-state index in [4.69, 9.17) is 0 Å². The van der Waals surface area contributed by atoms with Crippen molar-refractivity contribution in [3.63, 3.8) is 0 Å². The van der Waals surface area contributed by atoms with Crippen LogP contribution >= 0.6 is 0 Å². The van der Waals surface area contributed by atoms with Crippen molar-refractivity contribution < 1.29 is 32.7 Å². The van der Waals surface area contributed by atoms with Crippen LogP contribution in [0.3, 0.4) is 0 Å². The van der Waals surface area contributed by atoms with Crippen LogP contribution in [0.2, 0.25) is 0 Å². The van der Waals surface area contributed by atoms with Crippen LogP contribution in [0.1, 0.15) is 0 Å². The number of hydrogen-bond donors (Lipinski definition) is 0. The minimum absolute atomic E-state index is 0. The van der Waals surface area contributed by atoms with Crippen molar-refractivity contribution in [2.45, 2.75) is 0 Å². The Morgan fingerprint density at radius 2 is 0.846 bits per heavy atom. The quantitative estimate of drug-likeness (QED) is 0.146. The van der Waals surface area contributed by atoms with Crippen LogP contribution in [0, 0.1) is 12.1 Å². The molecule has 0 unspecified atom stereocenters. The standard InChI is InChI=1S/C38H24.Y/c1-3-13-27(14-4-1)29-17-11-19-31(25-29)37-33-21-7-9-23-35(33)38(36-24-10-8-22-34(36)37)32-20-12-18-30(26-32)28-15-5-2-6-16-28;/h1-15,17,19-26H;/q-2;. The van der Waals surface area contributed by atoms with E-state index in [0.717, 1.165) is 11.1 Å². The van der Waals surface area contributed by atoms with Gasteiger partial charge in [-0.05, 0) is 55.4 Å². The van der Waals surface area contributed by atoms with Crippen molar-refractivity contribution >= 4 is 21.5 Å². The molecule has 0 bridgehead atoms. The number of benzene rings is 7. The van der Waals surface area contributed by atoms with E-state index in [1.807, 2.05) is 18.2 Å². The number of fused-ring (bicyclic) bond motifs is 2. The second kappa shape index (κ2) is 11.1. The molecule has 181 valence electrons. The van der Waals surface area contributed by atoms with Gasteiger partial charge in [0.15, 0.2) is 0 Å². The summed E-state index contributed by atoms with van der Waals surface area (Å²) in [4.78, 5) is 0. The van der Waals surface area contributed by atoms with Gasteiger partial charge in [-0.15, -0.1) is 17.7 Å². The third-order valence-corrected chi connectivity index (χ3v) is 7.28. The Morgan fingerprint density at radius 1 is 0.333 bits per heavy atom. The first-order valence-corrected chi connectivity index (χ1v) is 13.0. The Morgan fingerprint density at radius 3 is 1.46 bits per heavy atom. The minimum atomic E-state index is 0. The Balaban J connectivity index is 0.00000277. The first-order chi connectivity index (χ1) is 18.9. The Bertz CT molecular complexity index is 1710. The van der Waals surface area contributed by atoms with Crippen molar-refractivity contribution in [3.8, 4) is 44.5 Å². The molecule has 0 atom stereocenters. The fourth-order valence-corrected chi connectivity index (χ4v) is 5.57. The summed E-state index contributed by atoms with van der Waals surface area (Å²) in [5.41, 5.74) is 9.50. The summed E-state index contributed by atoms with van der Waals surface area (Å²) in [6.45, 7) is 0. The first-order valence-electron chi connectivity index (χ1n) is 13.0. The van der Waals surface area contributed by atoms with Crippen LogP contribution in [0.25, 0.3) is 66.1 Å². The average molecular weight is 570 g/mol. The van der Waals surface area contributed by atoms with E-state index in [9.17, 15) is 0 Å². The van der Waals surface area contributed by atoms with E-state index in [2.05, 4.69) is 140 Å². The summed E-state index contributed by atoms with van der Waals surface area (Å²) < 4.78 is 0. The van der Waals surface area contributed by atoms with Crippen LogP contribution in [-0.2, 0) is 32.7 Å². The third-order valence-electron chi connectivity index (χ3n) is 7.28. The maximum atomic E-state index is 3.42. The molecule has 7 aromatic carbocycles. The fraction of sp³-hybridized carbons (Fsp3) is 0. The fourth-order valence-electron chi connectivity index (χ4n) is 5.57. The van der Waals surface area contributed by atoms with Gasteiger partial charge in [0.2, 0.25) is 0 Å². The minimum Gasteiger partial charge on any atom is -0.226 e. The van der Waals surface area contributed by atoms with E-state index < -0.39 is 0 Å². The van der Waals surface area contributed by atoms with Gasteiger partial charge < -0.3 is 0 Å². The molecule has 0 nitrogen and oxygen atoms in total. The van der Waals surface area contributed by atoms with Crippen LogP contribution in [0.5, 0.6) is 0 Å². The van der Waals surface area contributed by atoms with E-state index in [0.29, 0.717) is 0 Å². The van der Waals surface area contributed by atoms with Gasteiger partial charge >= 0.3 is 0 Å². The summed E-state index contributed by atoms with van der Waals surface area (Å²) in [5.74, 6) is 0. The van der Waals surface area contributed by atoms with Crippen molar-refractivity contribution in [1.29, 1.82) is 0 Å². The van der Waals surface area contributed by atoms with Crippen LogP contribution in [0.15, 0.2) is 146 Å². The Labute approximate surface area is 254 Å². The predicted octanol–water partition coefficient (Wildman–Crippen LogP) is 10.3. The van der Waals surface area contributed by atoms with Gasteiger partial charge in [-0.1, -0.05) is 97.1 Å². The van der Waals surface area contributed by atoms with Crippen LogP contribution in [0.4, 0.5) is 0 Å². The molecule has 0 saturated heterocycles.